The van der Waals surface area contributed by atoms with Crippen LogP contribution in [-0.2, 0) is 4.74 Å². The van der Waals surface area contributed by atoms with E-state index in [9.17, 15) is 10.1 Å². The molecule has 2 aliphatic heterocycles. The van der Waals surface area contributed by atoms with Crippen LogP contribution in [0.15, 0.2) is 54.6 Å². The molecule has 34 heavy (non-hydrogen) atoms. The molecular formula is C28H26N4O2. The lowest BCUT2D eigenvalue weighted by Gasteiger charge is -2.23. The van der Waals surface area contributed by atoms with Gasteiger partial charge in [0.05, 0.1) is 17.1 Å². The third-order valence-corrected chi connectivity index (χ3v) is 7.02. The average molecular weight is 451 g/mol. The van der Waals surface area contributed by atoms with Gasteiger partial charge in [0.25, 0.3) is 5.91 Å². The fraction of sp³-hybridized carbons (Fsp3) is 0.321. The van der Waals surface area contributed by atoms with E-state index in [-0.39, 0.29) is 12.1 Å². The van der Waals surface area contributed by atoms with Crippen molar-refractivity contribution in [3.63, 3.8) is 0 Å². The van der Waals surface area contributed by atoms with E-state index >= 15 is 0 Å². The maximum Gasteiger partial charge on any atom is 0.253 e. The van der Waals surface area contributed by atoms with Gasteiger partial charge in [-0.2, -0.15) is 10.4 Å². The van der Waals surface area contributed by atoms with Gasteiger partial charge in [0.1, 0.15) is 5.69 Å². The number of likely N-dealkylation sites (tertiary alicyclic amines) is 1. The minimum atomic E-state index is -0.0856. The van der Waals surface area contributed by atoms with Gasteiger partial charge in [-0.15, -0.1) is 0 Å². The molecule has 0 bridgehead atoms. The largest absolute Gasteiger partial charge is 0.356 e. The zero-order valence-corrected chi connectivity index (χ0v) is 19.0. The first kappa shape index (κ1) is 20.9. The minimum Gasteiger partial charge on any atom is -0.356 e. The smallest absolute Gasteiger partial charge is 0.253 e. The van der Waals surface area contributed by atoms with Crippen molar-refractivity contribution in [3.8, 4) is 17.3 Å². The molecule has 6 nitrogen and oxygen atoms in total. The number of ether oxygens (including phenoxy) is 1. The highest BCUT2D eigenvalue weighted by Crippen LogP contribution is 2.34. The number of hydrogen-bond donors (Lipinski definition) is 0. The predicted molar refractivity (Wildman–Crippen MR) is 131 cm³/mol. The Balaban J connectivity index is 1.42. The van der Waals surface area contributed by atoms with Crippen LogP contribution in [0.5, 0.6) is 0 Å². The molecule has 1 aromatic heterocycles. The van der Waals surface area contributed by atoms with Crippen LogP contribution in [0.3, 0.4) is 0 Å². The van der Waals surface area contributed by atoms with Crippen molar-refractivity contribution in [1.82, 2.24) is 14.7 Å². The summed E-state index contributed by atoms with van der Waals surface area (Å²) in [4.78, 5) is 14.8. The Morgan fingerprint density at radius 2 is 1.79 bits per heavy atom. The molecule has 4 aromatic rings. The first-order valence-corrected chi connectivity index (χ1v) is 12.1. The van der Waals surface area contributed by atoms with Crippen molar-refractivity contribution in [3.05, 3.63) is 65.7 Å². The van der Waals surface area contributed by atoms with E-state index < -0.39 is 0 Å². The SMILES string of the molecule is N#Cc1ccc2c(c1)c(-c1ccc3cc(C(=O)N4CCCC4)ccc3c1)nn2C1CCCCO1. The second kappa shape index (κ2) is 8.58. The van der Waals surface area contributed by atoms with Crippen LogP contribution in [0.2, 0.25) is 0 Å². The Bertz CT molecular complexity index is 1440. The highest BCUT2D eigenvalue weighted by atomic mass is 16.5. The summed E-state index contributed by atoms with van der Waals surface area (Å²) < 4.78 is 8.00. The second-order valence-electron chi connectivity index (χ2n) is 9.23. The van der Waals surface area contributed by atoms with Gasteiger partial charge in [0.15, 0.2) is 6.23 Å². The fourth-order valence-corrected chi connectivity index (χ4v) is 5.19. The zero-order valence-electron chi connectivity index (χ0n) is 19.0. The molecule has 2 aliphatic rings. The molecule has 0 spiro atoms. The zero-order chi connectivity index (χ0) is 23.1. The van der Waals surface area contributed by atoms with Crippen molar-refractivity contribution in [2.24, 2.45) is 0 Å². The fourth-order valence-electron chi connectivity index (χ4n) is 5.19. The third-order valence-electron chi connectivity index (χ3n) is 7.02. The van der Waals surface area contributed by atoms with Crippen LogP contribution in [0, 0.1) is 11.3 Å². The molecule has 6 heteroatoms. The van der Waals surface area contributed by atoms with Gasteiger partial charge in [0.2, 0.25) is 0 Å². The lowest BCUT2D eigenvalue weighted by molar-refractivity contribution is -0.0365. The summed E-state index contributed by atoms with van der Waals surface area (Å²) in [5, 5.41) is 17.5. The number of carbonyl (C=O) groups excluding carboxylic acids is 1. The summed E-state index contributed by atoms with van der Waals surface area (Å²) >= 11 is 0. The van der Waals surface area contributed by atoms with Crippen LogP contribution in [-0.4, -0.2) is 40.3 Å². The van der Waals surface area contributed by atoms with E-state index in [4.69, 9.17) is 9.84 Å². The molecular weight excluding hydrogens is 424 g/mol. The summed E-state index contributed by atoms with van der Waals surface area (Å²) in [5.74, 6) is 0.115. The summed E-state index contributed by atoms with van der Waals surface area (Å²) in [7, 11) is 0. The van der Waals surface area contributed by atoms with Crippen LogP contribution < -0.4 is 0 Å². The number of hydrogen-bond acceptors (Lipinski definition) is 4. The quantitative estimate of drug-likeness (QED) is 0.404. The molecule has 0 saturated carbocycles. The number of fused-ring (bicyclic) bond motifs is 2. The Morgan fingerprint density at radius 3 is 2.59 bits per heavy atom. The summed E-state index contributed by atoms with van der Waals surface area (Å²) in [6, 6.07) is 20.1. The molecule has 1 atom stereocenters. The van der Waals surface area contributed by atoms with Crippen molar-refractivity contribution in [1.29, 1.82) is 5.26 Å². The molecule has 3 aromatic carbocycles. The number of amides is 1. The Hall–Kier alpha value is -3.69. The van der Waals surface area contributed by atoms with E-state index in [0.717, 1.165) is 90.3 Å². The third kappa shape index (κ3) is 3.63. The van der Waals surface area contributed by atoms with E-state index in [1.807, 2.05) is 46.0 Å². The number of aromatic nitrogens is 2. The number of carbonyl (C=O) groups is 1. The van der Waals surface area contributed by atoms with Crippen molar-refractivity contribution >= 4 is 27.6 Å². The minimum absolute atomic E-state index is 0.0856. The number of nitrogens with zero attached hydrogens (tertiary/aromatic N) is 4. The highest BCUT2D eigenvalue weighted by molar-refractivity contribution is 6.01. The van der Waals surface area contributed by atoms with Crippen LogP contribution in [0.1, 0.15) is 54.3 Å². The lowest BCUT2D eigenvalue weighted by atomic mass is 10.0. The Labute approximate surface area is 198 Å². The Kier molecular flexibility index (Phi) is 5.27. The summed E-state index contributed by atoms with van der Waals surface area (Å²) in [6.07, 6.45) is 5.21. The van der Waals surface area contributed by atoms with Crippen LogP contribution in [0.25, 0.3) is 32.9 Å². The number of nitriles is 1. The monoisotopic (exact) mass is 450 g/mol. The molecule has 3 heterocycles. The molecule has 2 saturated heterocycles. The van der Waals surface area contributed by atoms with E-state index in [1.165, 1.54) is 0 Å². The van der Waals surface area contributed by atoms with Crippen molar-refractivity contribution < 1.29 is 9.53 Å². The van der Waals surface area contributed by atoms with E-state index in [1.54, 1.807) is 0 Å². The molecule has 0 aliphatic carbocycles. The molecule has 1 amide bonds. The normalized spacial score (nSPS) is 18.4. The molecule has 170 valence electrons. The number of benzene rings is 3. The maximum absolute atomic E-state index is 12.8. The lowest BCUT2D eigenvalue weighted by Crippen LogP contribution is -2.27. The molecule has 6 rings (SSSR count). The van der Waals surface area contributed by atoms with Gasteiger partial charge >= 0.3 is 0 Å². The predicted octanol–water partition coefficient (Wildman–Crippen LogP) is 5.66. The van der Waals surface area contributed by atoms with Gasteiger partial charge in [-0.1, -0.05) is 18.2 Å². The van der Waals surface area contributed by atoms with Gasteiger partial charge in [0, 0.05) is 36.2 Å². The van der Waals surface area contributed by atoms with Gasteiger partial charge in [-0.05, 0) is 79.3 Å². The maximum atomic E-state index is 12.8. The first-order chi connectivity index (χ1) is 16.7. The summed E-state index contributed by atoms with van der Waals surface area (Å²) in [5.41, 5.74) is 4.17. The van der Waals surface area contributed by atoms with E-state index in [2.05, 4.69) is 24.3 Å². The number of rotatable bonds is 3. The summed E-state index contributed by atoms with van der Waals surface area (Å²) in [6.45, 7) is 2.44. The standard InChI is InChI=1S/C28H26N4O2/c29-18-19-6-11-25-24(15-19)27(30-32(25)26-5-1-4-14-34-26)22-9-7-21-17-23(10-8-20(21)16-22)28(33)31-12-2-3-13-31/h6-11,15-17,26H,1-5,12-14H2. The van der Waals surface area contributed by atoms with Gasteiger partial charge < -0.3 is 9.64 Å². The van der Waals surface area contributed by atoms with Crippen molar-refractivity contribution in [2.45, 2.75) is 38.3 Å². The van der Waals surface area contributed by atoms with Gasteiger partial charge in [-0.3, -0.25) is 4.79 Å². The van der Waals surface area contributed by atoms with Crippen LogP contribution in [0.4, 0.5) is 0 Å². The first-order valence-electron chi connectivity index (χ1n) is 12.1. The van der Waals surface area contributed by atoms with Crippen LogP contribution >= 0.6 is 0 Å². The topological polar surface area (TPSA) is 71.2 Å². The van der Waals surface area contributed by atoms with E-state index in [0.29, 0.717) is 5.56 Å². The molecule has 0 N–H and O–H groups in total. The molecule has 0 radical (unpaired) electrons. The highest BCUT2D eigenvalue weighted by Gasteiger charge is 2.23. The second-order valence-corrected chi connectivity index (χ2v) is 9.23. The molecule has 2 fully saturated rings. The van der Waals surface area contributed by atoms with Crippen molar-refractivity contribution in [2.75, 3.05) is 19.7 Å². The molecule has 1 unspecified atom stereocenters. The van der Waals surface area contributed by atoms with Gasteiger partial charge in [-0.25, -0.2) is 4.68 Å². The average Bonchev–Trinajstić information content (AvgIpc) is 3.56. The Morgan fingerprint density at radius 1 is 0.971 bits per heavy atom.